The minimum Gasteiger partial charge on any atom is -0.0843 e. The molecule has 0 fully saturated rings. The van der Waals surface area contributed by atoms with Gasteiger partial charge in [0.05, 0.1) is 8.07 Å². The average molecular weight is 261 g/mol. The highest BCUT2D eigenvalue weighted by Crippen LogP contribution is 2.22. The van der Waals surface area contributed by atoms with Crippen molar-refractivity contribution in [3.8, 4) is 11.1 Å². The van der Waals surface area contributed by atoms with Crippen LogP contribution in [0.4, 0.5) is 0 Å². The Bertz CT molecular complexity index is 509. The first-order valence-electron chi connectivity index (χ1n) is 5.84. The van der Waals surface area contributed by atoms with Crippen molar-refractivity contribution >= 4 is 24.9 Å². The van der Waals surface area contributed by atoms with Gasteiger partial charge >= 0.3 is 0 Å². The highest BCUT2D eigenvalue weighted by molar-refractivity contribution is 6.89. The van der Waals surface area contributed by atoms with E-state index < -0.39 is 8.07 Å². The normalized spacial score (nSPS) is 11.5. The van der Waals surface area contributed by atoms with Gasteiger partial charge in [0.25, 0.3) is 0 Å². The number of halogens is 1. The van der Waals surface area contributed by atoms with E-state index in [1.807, 2.05) is 12.1 Å². The molecular weight excluding hydrogens is 244 g/mol. The van der Waals surface area contributed by atoms with E-state index >= 15 is 0 Å². The van der Waals surface area contributed by atoms with Crippen LogP contribution in [-0.2, 0) is 0 Å². The average Bonchev–Trinajstić information content (AvgIpc) is 2.29. The van der Waals surface area contributed by atoms with Crippen molar-refractivity contribution < 1.29 is 0 Å². The van der Waals surface area contributed by atoms with E-state index in [2.05, 4.69) is 56.0 Å². The van der Waals surface area contributed by atoms with Crippen LogP contribution in [0.1, 0.15) is 0 Å². The molecule has 2 aromatic rings. The van der Waals surface area contributed by atoms with Crippen molar-refractivity contribution in [3.63, 3.8) is 0 Å². The zero-order valence-corrected chi connectivity index (χ0v) is 12.3. The molecule has 0 aromatic heterocycles. The summed E-state index contributed by atoms with van der Waals surface area (Å²) in [5, 5.41) is 2.29. The Labute approximate surface area is 109 Å². The smallest absolute Gasteiger partial charge is 0.0784 e. The Morgan fingerprint density at radius 2 is 1.41 bits per heavy atom. The van der Waals surface area contributed by atoms with Crippen LogP contribution in [0.15, 0.2) is 48.5 Å². The Morgan fingerprint density at radius 1 is 0.824 bits per heavy atom. The quantitative estimate of drug-likeness (QED) is 0.695. The van der Waals surface area contributed by atoms with Crippen molar-refractivity contribution in [2.75, 3.05) is 0 Å². The number of hydrogen-bond donors (Lipinski definition) is 0. The number of benzene rings is 2. The van der Waals surface area contributed by atoms with Crippen LogP contribution in [0, 0.1) is 0 Å². The van der Waals surface area contributed by atoms with Gasteiger partial charge in [0.15, 0.2) is 0 Å². The van der Waals surface area contributed by atoms with E-state index in [-0.39, 0.29) is 0 Å². The Balaban J connectivity index is 2.56. The lowest BCUT2D eigenvalue weighted by molar-refractivity contribution is 1.62. The second-order valence-electron chi connectivity index (χ2n) is 5.30. The van der Waals surface area contributed by atoms with Crippen molar-refractivity contribution in [1.82, 2.24) is 0 Å². The van der Waals surface area contributed by atoms with Crippen LogP contribution >= 0.6 is 11.6 Å². The van der Waals surface area contributed by atoms with Crippen molar-refractivity contribution in [1.29, 1.82) is 0 Å². The summed E-state index contributed by atoms with van der Waals surface area (Å²) in [6.07, 6.45) is 0. The first-order chi connectivity index (χ1) is 7.98. The second kappa shape index (κ2) is 4.67. The zero-order chi connectivity index (χ0) is 12.5. The fourth-order valence-electron chi connectivity index (χ4n) is 2.02. The largest absolute Gasteiger partial charge is 0.0843 e. The predicted molar refractivity (Wildman–Crippen MR) is 79.9 cm³/mol. The molecule has 0 N–H and O–H groups in total. The van der Waals surface area contributed by atoms with Gasteiger partial charge < -0.3 is 0 Å². The van der Waals surface area contributed by atoms with Gasteiger partial charge in [-0.15, -0.1) is 0 Å². The molecule has 0 nitrogen and oxygen atoms in total. The maximum atomic E-state index is 5.94. The van der Waals surface area contributed by atoms with Crippen LogP contribution < -0.4 is 5.19 Å². The van der Waals surface area contributed by atoms with Crippen molar-refractivity contribution in [3.05, 3.63) is 53.6 Å². The molecule has 88 valence electrons. The lowest BCUT2D eigenvalue weighted by Gasteiger charge is -2.21. The maximum Gasteiger partial charge on any atom is 0.0784 e. The molecule has 2 heteroatoms. The second-order valence-corrected chi connectivity index (χ2v) is 10.8. The van der Waals surface area contributed by atoms with Gasteiger partial charge in [-0.3, -0.25) is 0 Å². The minimum atomic E-state index is -1.31. The van der Waals surface area contributed by atoms with Gasteiger partial charge in [-0.25, -0.2) is 0 Å². The van der Waals surface area contributed by atoms with E-state index in [0.717, 1.165) is 5.02 Å². The monoisotopic (exact) mass is 260 g/mol. The fourth-order valence-corrected chi connectivity index (χ4v) is 3.78. The topological polar surface area (TPSA) is 0 Å². The lowest BCUT2D eigenvalue weighted by atomic mass is 10.1. The first kappa shape index (κ1) is 12.4. The Hall–Kier alpha value is -1.05. The molecular formula is C15H17ClSi. The molecule has 0 atom stereocenters. The molecule has 0 aliphatic rings. The van der Waals surface area contributed by atoms with E-state index in [1.54, 1.807) is 0 Å². The van der Waals surface area contributed by atoms with E-state index in [1.165, 1.54) is 16.3 Å². The highest BCUT2D eigenvalue weighted by atomic mass is 35.5. The summed E-state index contributed by atoms with van der Waals surface area (Å²) in [4.78, 5) is 0. The van der Waals surface area contributed by atoms with Crippen molar-refractivity contribution in [2.45, 2.75) is 19.6 Å². The number of rotatable bonds is 2. The zero-order valence-electron chi connectivity index (χ0n) is 10.5. The molecule has 0 amide bonds. The molecule has 0 heterocycles. The molecule has 0 unspecified atom stereocenters. The van der Waals surface area contributed by atoms with Gasteiger partial charge in [-0.05, 0) is 23.3 Å². The van der Waals surface area contributed by atoms with Crippen LogP contribution in [0.2, 0.25) is 24.7 Å². The summed E-state index contributed by atoms with van der Waals surface area (Å²) >= 11 is 5.94. The summed E-state index contributed by atoms with van der Waals surface area (Å²) in [5.41, 5.74) is 2.61. The molecule has 17 heavy (non-hydrogen) atoms. The summed E-state index contributed by atoms with van der Waals surface area (Å²) in [7, 11) is -1.31. The third-order valence-electron chi connectivity index (χ3n) is 2.89. The molecule has 0 spiro atoms. The Kier molecular flexibility index (Phi) is 3.41. The van der Waals surface area contributed by atoms with E-state index in [9.17, 15) is 0 Å². The standard InChI is InChI=1S/C15H17ClSi/c1-17(2,3)15-7-5-4-6-14(15)12-8-10-13(16)11-9-12/h4-11H,1-3H3. The third kappa shape index (κ3) is 2.79. The molecule has 0 aliphatic heterocycles. The molecule has 0 saturated heterocycles. The van der Waals surface area contributed by atoms with Crippen LogP contribution in [0.25, 0.3) is 11.1 Å². The molecule has 0 radical (unpaired) electrons. The summed E-state index contributed by atoms with van der Waals surface area (Å²) < 4.78 is 0. The Morgan fingerprint density at radius 3 is 2.00 bits per heavy atom. The molecule has 0 bridgehead atoms. The summed E-state index contributed by atoms with van der Waals surface area (Å²) in [5.74, 6) is 0. The lowest BCUT2D eigenvalue weighted by Crippen LogP contribution is -2.38. The van der Waals surface area contributed by atoms with Gasteiger partial charge in [0, 0.05) is 5.02 Å². The summed E-state index contributed by atoms with van der Waals surface area (Å²) in [6, 6.07) is 16.8. The molecule has 2 aromatic carbocycles. The predicted octanol–water partition coefficient (Wildman–Crippen LogP) is 4.55. The van der Waals surface area contributed by atoms with Gasteiger partial charge in [-0.1, -0.05) is 72.8 Å². The maximum absolute atomic E-state index is 5.94. The van der Waals surface area contributed by atoms with E-state index in [0.29, 0.717) is 0 Å². The van der Waals surface area contributed by atoms with Crippen LogP contribution in [0.3, 0.4) is 0 Å². The molecule has 0 saturated carbocycles. The summed E-state index contributed by atoms with van der Waals surface area (Å²) in [6.45, 7) is 7.13. The third-order valence-corrected chi connectivity index (χ3v) is 5.19. The van der Waals surface area contributed by atoms with Gasteiger partial charge in [-0.2, -0.15) is 0 Å². The SMILES string of the molecule is C[Si](C)(C)c1ccccc1-c1ccc(Cl)cc1. The van der Waals surface area contributed by atoms with Crippen molar-refractivity contribution in [2.24, 2.45) is 0 Å². The number of hydrogen-bond acceptors (Lipinski definition) is 0. The molecule has 2 rings (SSSR count). The van der Waals surface area contributed by atoms with Crippen LogP contribution in [0.5, 0.6) is 0 Å². The minimum absolute atomic E-state index is 0.791. The first-order valence-corrected chi connectivity index (χ1v) is 9.72. The fraction of sp³-hybridized carbons (Fsp3) is 0.200. The van der Waals surface area contributed by atoms with E-state index in [4.69, 9.17) is 11.6 Å². The van der Waals surface area contributed by atoms with Crippen LogP contribution in [-0.4, -0.2) is 8.07 Å². The highest BCUT2D eigenvalue weighted by Gasteiger charge is 2.20. The van der Waals surface area contributed by atoms with Gasteiger partial charge in [0.2, 0.25) is 0 Å². The van der Waals surface area contributed by atoms with Gasteiger partial charge in [0.1, 0.15) is 0 Å². The molecule has 0 aliphatic carbocycles.